The van der Waals surface area contributed by atoms with Crippen LogP contribution in [0.4, 0.5) is 4.39 Å². The molecule has 0 saturated heterocycles. The van der Waals surface area contributed by atoms with Gasteiger partial charge >= 0.3 is 0 Å². The molecule has 0 aromatic heterocycles. The van der Waals surface area contributed by atoms with Gasteiger partial charge < -0.3 is 15.1 Å². The third-order valence-electron chi connectivity index (χ3n) is 5.91. The number of nitrogens with zero attached hydrogens (tertiary/aromatic N) is 1. The lowest BCUT2D eigenvalue weighted by molar-refractivity contribution is -0.133. The Morgan fingerprint density at radius 3 is 2.67 bits per heavy atom. The minimum absolute atomic E-state index is 0.0280. The minimum atomic E-state index is -0.538. The molecule has 0 spiro atoms. The van der Waals surface area contributed by atoms with E-state index in [2.05, 4.69) is 0 Å². The van der Waals surface area contributed by atoms with Crippen LogP contribution in [0.15, 0.2) is 60.7 Å². The van der Waals surface area contributed by atoms with Gasteiger partial charge in [0.25, 0.3) is 0 Å². The number of benzene rings is 3. The summed E-state index contributed by atoms with van der Waals surface area (Å²) in [5.41, 5.74) is 4.09. The number of carbonyl (C=O) groups excluding carboxylic acids is 1. The smallest absolute Gasteiger partial charge is 0.223 e. The highest BCUT2D eigenvalue weighted by molar-refractivity contribution is 5.78. The molecule has 154 valence electrons. The average Bonchev–Trinajstić information content (AvgIpc) is 2.75. The predicted octanol–water partition coefficient (Wildman–Crippen LogP) is 4.65. The van der Waals surface area contributed by atoms with Crippen molar-refractivity contribution < 1.29 is 19.4 Å². The van der Waals surface area contributed by atoms with Gasteiger partial charge in [-0.3, -0.25) is 4.79 Å². The third kappa shape index (κ3) is 3.75. The van der Waals surface area contributed by atoms with Gasteiger partial charge in [0.15, 0.2) is 0 Å². The molecule has 2 N–H and O–H groups in total. The lowest BCUT2D eigenvalue weighted by Crippen LogP contribution is -2.40. The fraction of sp³-hybridized carbons (Fsp3) is 0.240. The van der Waals surface area contributed by atoms with E-state index in [1.54, 1.807) is 17.0 Å². The van der Waals surface area contributed by atoms with E-state index >= 15 is 0 Å². The molecule has 3 aromatic rings. The zero-order valence-corrected chi connectivity index (χ0v) is 16.8. The van der Waals surface area contributed by atoms with E-state index in [0.29, 0.717) is 24.9 Å². The second-order valence-electron chi connectivity index (χ2n) is 7.70. The van der Waals surface area contributed by atoms with E-state index in [9.17, 15) is 19.4 Å². The first-order valence-corrected chi connectivity index (χ1v) is 10.1. The second kappa shape index (κ2) is 8.19. The van der Waals surface area contributed by atoms with Crippen molar-refractivity contribution in [2.24, 2.45) is 0 Å². The van der Waals surface area contributed by atoms with Gasteiger partial charge in [-0.1, -0.05) is 36.4 Å². The Hall–Kier alpha value is -3.34. The molecule has 0 fully saturated rings. The number of aryl methyl sites for hydroxylation is 1. The molecular formula is C25H24FNO3. The molecule has 0 radical (unpaired) electrons. The van der Waals surface area contributed by atoms with Gasteiger partial charge in [0.05, 0.1) is 6.04 Å². The molecule has 1 aliphatic rings. The molecule has 3 aromatic carbocycles. The van der Waals surface area contributed by atoms with Crippen LogP contribution in [0.1, 0.15) is 40.3 Å². The monoisotopic (exact) mass is 405 g/mol. The fourth-order valence-electron chi connectivity index (χ4n) is 4.24. The summed E-state index contributed by atoms with van der Waals surface area (Å²) in [5.74, 6) is -0.330. The second-order valence-corrected chi connectivity index (χ2v) is 7.70. The highest BCUT2D eigenvalue weighted by atomic mass is 19.1. The van der Waals surface area contributed by atoms with Crippen molar-refractivity contribution >= 4 is 5.91 Å². The topological polar surface area (TPSA) is 60.8 Å². The standard InChI is InChI=1S/C25H24FNO3/c1-16-17(6-4-8-22(16)28)9-12-24(30)27-14-13-18-5-2-3-7-20(18)25(27)21-15-19(26)10-11-23(21)29/h2-8,10-11,15,25,28-29H,9,12-14H2,1H3. The van der Waals surface area contributed by atoms with Gasteiger partial charge in [0, 0.05) is 18.5 Å². The maximum Gasteiger partial charge on any atom is 0.223 e. The predicted molar refractivity (Wildman–Crippen MR) is 113 cm³/mol. The molecule has 1 heterocycles. The van der Waals surface area contributed by atoms with Gasteiger partial charge in [-0.25, -0.2) is 4.39 Å². The van der Waals surface area contributed by atoms with Crippen molar-refractivity contribution in [1.82, 2.24) is 4.90 Å². The van der Waals surface area contributed by atoms with E-state index in [1.165, 1.54) is 18.2 Å². The summed E-state index contributed by atoms with van der Waals surface area (Å²) in [6, 6.07) is 16.4. The van der Waals surface area contributed by atoms with Crippen molar-refractivity contribution in [1.29, 1.82) is 0 Å². The first-order chi connectivity index (χ1) is 14.5. The van der Waals surface area contributed by atoms with E-state index in [0.717, 1.165) is 22.3 Å². The summed E-state index contributed by atoms with van der Waals surface area (Å²) in [6.07, 6.45) is 1.47. The Bertz CT molecular complexity index is 1100. The molecule has 0 bridgehead atoms. The number of carbonyl (C=O) groups is 1. The Morgan fingerprint density at radius 2 is 1.83 bits per heavy atom. The van der Waals surface area contributed by atoms with Crippen LogP contribution >= 0.6 is 0 Å². The zero-order valence-electron chi connectivity index (χ0n) is 16.8. The van der Waals surface area contributed by atoms with Crippen LogP contribution < -0.4 is 0 Å². The Labute approximate surface area is 175 Å². The van der Waals surface area contributed by atoms with Crippen LogP contribution in [0.3, 0.4) is 0 Å². The van der Waals surface area contributed by atoms with Crippen molar-refractivity contribution in [3.63, 3.8) is 0 Å². The summed E-state index contributed by atoms with van der Waals surface area (Å²) in [6.45, 7) is 2.33. The summed E-state index contributed by atoms with van der Waals surface area (Å²) in [4.78, 5) is 15.0. The number of halogens is 1. The quantitative estimate of drug-likeness (QED) is 0.664. The van der Waals surface area contributed by atoms with Gasteiger partial charge in [-0.2, -0.15) is 0 Å². The van der Waals surface area contributed by atoms with Gasteiger partial charge in [0.1, 0.15) is 17.3 Å². The van der Waals surface area contributed by atoms with Crippen LogP contribution in [0, 0.1) is 12.7 Å². The van der Waals surface area contributed by atoms with E-state index in [1.807, 2.05) is 37.3 Å². The molecule has 5 heteroatoms. The molecule has 1 unspecified atom stereocenters. The fourth-order valence-corrected chi connectivity index (χ4v) is 4.24. The number of hydrogen-bond donors (Lipinski definition) is 2. The lowest BCUT2D eigenvalue weighted by Gasteiger charge is -2.38. The van der Waals surface area contributed by atoms with Crippen LogP contribution in [0.2, 0.25) is 0 Å². The van der Waals surface area contributed by atoms with E-state index in [4.69, 9.17) is 0 Å². The summed E-state index contributed by atoms with van der Waals surface area (Å²) in [5, 5.41) is 20.4. The first-order valence-electron chi connectivity index (χ1n) is 10.1. The van der Waals surface area contributed by atoms with Gasteiger partial charge in [-0.15, -0.1) is 0 Å². The Kier molecular flexibility index (Phi) is 5.44. The molecule has 0 saturated carbocycles. The third-order valence-corrected chi connectivity index (χ3v) is 5.91. The number of fused-ring (bicyclic) bond motifs is 1. The Balaban J connectivity index is 1.66. The van der Waals surface area contributed by atoms with Crippen molar-refractivity contribution in [3.8, 4) is 11.5 Å². The maximum absolute atomic E-state index is 14.0. The molecule has 0 aliphatic carbocycles. The maximum atomic E-state index is 14.0. The molecule has 30 heavy (non-hydrogen) atoms. The SMILES string of the molecule is Cc1c(O)cccc1CCC(=O)N1CCc2ccccc2C1c1cc(F)ccc1O. The van der Waals surface area contributed by atoms with Crippen LogP contribution in [0.25, 0.3) is 0 Å². The lowest BCUT2D eigenvalue weighted by atomic mass is 9.87. The van der Waals surface area contributed by atoms with Crippen LogP contribution in [-0.4, -0.2) is 27.6 Å². The number of hydrogen-bond acceptors (Lipinski definition) is 3. The van der Waals surface area contributed by atoms with E-state index < -0.39 is 11.9 Å². The highest BCUT2D eigenvalue weighted by Crippen LogP contribution is 2.39. The Morgan fingerprint density at radius 1 is 1.03 bits per heavy atom. The molecular weight excluding hydrogens is 381 g/mol. The summed E-state index contributed by atoms with van der Waals surface area (Å²) >= 11 is 0. The molecule has 1 amide bonds. The normalized spacial score (nSPS) is 15.7. The molecule has 4 nitrogen and oxygen atoms in total. The van der Waals surface area contributed by atoms with E-state index in [-0.39, 0.29) is 23.8 Å². The molecule has 4 rings (SSSR count). The number of amides is 1. The van der Waals surface area contributed by atoms with Crippen molar-refractivity contribution in [2.45, 2.75) is 32.2 Å². The average molecular weight is 405 g/mol. The summed E-state index contributed by atoms with van der Waals surface area (Å²) < 4.78 is 14.0. The van der Waals surface area contributed by atoms with Crippen molar-refractivity contribution in [3.05, 3.63) is 94.3 Å². The number of aromatic hydroxyl groups is 2. The van der Waals surface area contributed by atoms with Gasteiger partial charge in [0.2, 0.25) is 5.91 Å². The van der Waals surface area contributed by atoms with Crippen molar-refractivity contribution in [2.75, 3.05) is 6.54 Å². The summed E-state index contributed by atoms with van der Waals surface area (Å²) in [7, 11) is 0. The van der Waals surface area contributed by atoms with Gasteiger partial charge in [-0.05, 0) is 66.3 Å². The zero-order chi connectivity index (χ0) is 21.3. The molecule has 1 atom stereocenters. The highest BCUT2D eigenvalue weighted by Gasteiger charge is 2.33. The number of rotatable bonds is 4. The van der Waals surface area contributed by atoms with Crippen LogP contribution in [0.5, 0.6) is 11.5 Å². The largest absolute Gasteiger partial charge is 0.508 e. The first kappa shape index (κ1) is 20.0. The van der Waals surface area contributed by atoms with Crippen LogP contribution in [-0.2, 0) is 17.6 Å². The molecule has 1 aliphatic heterocycles. The minimum Gasteiger partial charge on any atom is -0.508 e. The number of phenolic OH excluding ortho intramolecular Hbond substituents is 2. The number of phenols is 2.